The van der Waals surface area contributed by atoms with Gasteiger partial charge in [0.05, 0.1) is 4.90 Å². The van der Waals surface area contributed by atoms with Gasteiger partial charge in [-0.15, -0.1) is 0 Å². The lowest BCUT2D eigenvalue weighted by Gasteiger charge is -2.30. The van der Waals surface area contributed by atoms with Crippen molar-refractivity contribution in [2.24, 2.45) is 5.92 Å². The van der Waals surface area contributed by atoms with E-state index in [0.29, 0.717) is 18.7 Å². The standard InChI is InChI=1S/C23H35N3O4S/c1-26(20-10-6-3-7-11-20)31(29,30)21-14-12-19(13-15-21)23(28)25-17-16-24-22(27)18-8-4-2-5-9-18/h12-15,18,20H,2-11,16-17H2,1H3,(H,24,27)(H,25,28). The first-order valence-corrected chi connectivity index (χ1v) is 13.0. The van der Waals surface area contributed by atoms with E-state index in [-0.39, 0.29) is 28.7 Å². The van der Waals surface area contributed by atoms with E-state index in [1.54, 1.807) is 7.05 Å². The van der Waals surface area contributed by atoms with Crippen LogP contribution in [0, 0.1) is 5.92 Å². The van der Waals surface area contributed by atoms with Gasteiger partial charge in [0, 0.05) is 37.7 Å². The second-order valence-corrected chi connectivity index (χ2v) is 10.7. The Labute approximate surface area is 186 Å². The summed E-state index contributed by atoms with van der Waals surface area (Å²) in [7, 11) is -1.92. The Hall–Kier alpha value is -1.93. The predicted molar refractivity (Wildman–Crippen MR) is 120 cm³/mol. The fourth-order valence-electron chi connectivity index (χ4n) is 4.56. The average Bonchev–Trinajstić information content (AvgIpc) is 2.82. The minimum atomic E-state index is -3.57. The Morgan fingerprint density at radius 2 is 1.42 bits per heavy atom. The Morgan fingerprint density at radius 1 is 0.871 bits per heavy atom. The van der Waals surface area contributed by atoms with Crippen LogP contribution in [0.1, 0.15) is 74.6 Å². The van der Waals surface area contributed by atoms with Gasteiger partial charge in [-0.2, -0.15) is 4.31 Å². The van der Waals surface area contributed by atoms with Crippen molar-refractivity contribution >= 4 is 21.8 Å². The van der Waals surface area contributed by atoms with E-state index >= 15 is 0 Å². The number of nitrogens with one attached hydrogen (secondary N) is 2. The topological polar surface area (TPSA) is 95.6 Å². The summed E-state index contributed by atoms with van der Waals surface area (Å²) >= 11 is 0. The van der Waals surface area contributed by atoms with Crippen molar-refractivity contribution in [3.05, 3.63) is 29.8 Å². The highest BCUT2D eigenvalue weighted by atomic mass is 32.2. The molecule has 31 heavy (non-hydrogen) atoms. The highest BCUT2D eigenvalue weighted by Crippen LogP contribution is 2.26. The van der Waals surface area contributed by atoms with E-state index in [9.17, 15) is 18.0 Å². The maximum atomic E-state index is 12.9. The first kappa shape index (κ1) is 23.7. The second-order valence-electron chi connectivity index (χ2n) is 8.72. The first-order valence-electron chi connectivity index (χ1n) is 11.5. The Bertz CT molecular complexity index is 842. The molecule has 2 saturated carbocycles. The van der Waals surface area contributed by atoms with Crippen LogP contribution in [0.2, 0.25) is 0 Å². The third-order valence-corrected chi connectivity index (χ3v) is 8.49. The molecule has 0 saturated heterocycles. The summed E-state index contributed by atoms with van der Waals surface area (Å²) in [6.07, 6.45) is 10.4. The molecule has 0 aromatic heterocycles. The van der Waals surface area contributed by atoms with Crippen LogP contribution in [0.4, 0.5) is 0 Å². The molecule has 1 aromatic rings. The molecule has 0 aliphatic heterocycles. The van der Waals surface area contributed by atoms with Crippen LogP contribution in [0.15, 0.2) is 29.2 Å². The molecule has 2 N–H and O–H groups in total. The van der Waals surface area contributed by atoms with Crippen molar-refractivity contribution in [1.29, 1.82) is 0 Å². The Morgan fingerprint density at radius 3 is 2.03 bits per heavy atom. The predicted octanol–water partition coefficient (Wildman–Crippen LogP) is 3.07. The van der Waals surface area contributed by atoms with E-state index in [1.807, 2.05) is 0 Å². The minimum Gasteiger partial charge on any atom is -0.354 e. The van der Waals surface area contributed by atoms with Crippen molar-refractivity contribution in [1.82, 2.24) is 14.9 Å². The van der Waals surface area contributed by atoms with E-state index < -0.39 is 10.0 Å². The van der Waals surface area contributed by atoms with E-state index in [0.717, 1.165) is 51.4 Å². The fourth-order valence-corrected chi connectivity index (χ4v) is 5.97. The largest absolute Gasteiger partial charge is 0.354 e. The number of carbonyl (C=O) groups excluding carboxylic acids is 2. The van der Waals surface area contributed by atoms with E-state index in [4.69, 9.17) is 0 Å². The summed E-state index contributed by atoms with van der Waals surface area (Å²) < 4.78 is 27.3. The van der Waals surface area contributed by atoms with Crippen LogP contribution in [-0.2, 0) is 14.8 Å². The van der Waals surface area contributed by atoms with Crippen molar-refractivity contribution in [3.8, 4) is 0 Å². The minimum absolute atomic E-state index is 0.0468. The molecule has 172 valence electrons. The monoisotopic (exact) mass is 449 g/mol. The van der Waals surface area contributed by atoms with Gasteiger partial charge in [-0.1, -0.05) is 38.5 Å². The van der Waals surface area contributed by atoms with Gasteiger partial charge >= 0.3 is 0 Å². The Balaban J connectivity index is 1.47. The zero-order valence-corrected chi connectivity index (χ0v) is 19.3. The van der Waals surface area contributed by atoms with Gasteiger partial charge in [0.25, 0.3) is 5.91 Å². The molecule has 0 heterocycles. The molecule has 0 unspecified atom stereocenters. The number of nitrogens with zero attached hydrogens (tertiary/aromatic N) is 1. The number of carbonyl (C=O) groups is 2. The summed E-state index contributed by atoms with van der Waals surface area (Å²) in [6.45, 7) is 0.724. The number of sulfonamides is 1. The van der Waals surface area contributed by atoms with Crippen LogP contribution < -0.4 is 10.6 Å². The molecule has 3 rings (SSSR count). The molecule has 0 atom stereocenters. The third-order valence-electron chi connectivity index (χ3n) is 6.57. The number of rotatable bonds is 8. The molecule has 2 amide bonds. The fraction of sp³-hybridized carbons (Fsp3) is 0.652. The number of hydrogen-bond acceptors (Lipinski definition) is 4. The van der Waals surface area contributed by atoms with Crippen molar-refractivity contribution in [2.45, 2.75) is 75.1 Å². The molecule has 7 nitrogen and oxygen atoms in total. The smallest absolute Gasteiger partial charge is 0.251 e. The highest BCUT2D eigenvalue weighted by Gasteiger charge is 2.29. The highest BCUT2D eigenvalue weighted by molar-refractivity contribution is 7.89. The molecule has 0 radical (unpaired) electrons. The quantitative estimate of drug-likeness (QED) is 0.596. The van der Waals surface area contributed by atoms with Crippen LogP contribution in [0.25, 0.3) is 0 Å². The van der Waals surface area contributed by atoms with E-state index in [2.05, 4.69) is 10.6 Å². The summed E-state index contributed by atoms with van der Waals surface area (Å²) in [4.78, 5) is 24.7. The van der Waals surface area contributed by atoms with Crippen LogP contribution in [0.3, 0.4) is 0 Å². The van der Waals surface area contributed by atoms with Crippen LogP contribution in [-0.4, -0.2) is 50.7 Å². The molecule has 0 spiro atoms. The molecular weight excluding hydrogens is 414 g/mol. The summed E-state index contributed by atoms with van der Waals surface area (Å²) in [6, 6.07) is 6.11. The maximum absolute atomic E-state index is 12.9. The van der Waals surface area contributed by atoms with Gasteiger partial charge in [0.1, 0.15) is 0 Å². The van der Waals surface area contributed by atoms with Gasteiger partial charge in [0.2, 0.25) is 15.9 Å². The van der Waals surface area contributed by atoms with E-state index in [1.165, 1.54) is 41.4 Å². The molecule has 2 fully saturated rings. The second kappa shape index (κ2) is 11.1. The van der Waals surface area contributed by atoms with Crippen molar-refractivity contribution < 1.29 is 18.0 Å². The molecular formula is C23H35N3O4S. The lowest BCUT2D eigenvalue weighted by atomic mass is 9.89. The Kier molecular flexibility index (Phi) is 8.49. The van der Waals surface area contributed by atoms with Crippen LogP contribution in [0.5, 0.6) is 0 Å². The molecule has 0 bridgehead atoms. The zero-order chi connectivity index (χ0) is 22.3. The van der Waals surface area contributed by atoms with Gasteiger partial charge < -0.3 is 10.6 Å². The van der Waals surface area contributed by atoms with Crippen molar-refractivity contribution in [2.75, 3.05) is 20.1 Å². The number of hydrogen-bond donors (Lipinski definition) is 2. The van der Waals surface area contributed by atoms with Crippen LogP contribution >= 0.6 is 0 Å². The third kappa shape index (κ3) is 6.29. The molecule has 8 heteroatoms. The lowest BCUT2D eigenvalue weighted by molar-refractivity contribution is -0.125. The summed E-state index contributed by atoms with van der Waals surface area (Å²) in [5.41, 5.74) is 0.401. The lowest BCUT2D eigenvalue weighted by Crippen LogP contribution is -2.38. The van der Waals surface area contributed by atoms with Gasteiger partial charge in [-0.3, -0.25) is 9.59 Å². The van der Waals surface area contributed by atoms with Gasteiger partial charge in [-0.05, 0) is 49.9 Å². The SMILES string of the molecule is CN(C1CCCCC1)S(=O)(=O)c1ccc(C(=O)NCCNC(=O)C2CCCCC2)cc1. The molecule has 2 aliphatic carbocycles. The normalized spacial score (nSPS) is 18.6. The maximum Gasteiger partial charge on any atom is 0.251 e. The number of benzene rings is 1. The molecule has 2 aliphatic rings. The molecule has 1 aromatic carbocycles. The first-order chi connectivity index (χ1) is 14.9. The van der Waals surface area contributed by atoms with Crippen molar-refractivity contribution in [3.63, 3.8) is 0 Å². The average molecular weight is 450 g/mol. The summed E-state index contributed by atoms with van der Waals surface area (Å²) in [5.74, 6) is -0.104. The number of amides is 2. The van der Waals surface area contributed by atoms with Gasteiger partial charge in [0.15, 0.2) is 0 Å². The van der Waals surface area contributed by atoms with Gasteiger partial charge in [-0.25, -0.2) is 8.42 Å². The summed E-state index contributed by atoms with van der Waals surface area (Å²) in [5, 5.41) is 5.67. The zero-order valence-electron chi connectivity index (χ0n) is 18.4.